The number of carbonyl (C=O) groups is 2. The van der Waals surface area contributed by atoms with Gasteiger partial charge < -0.3 is 14.6 Å². The van der Waals surface area contributed by atoms with E-state index in [1.807, 2.05) is 47.6 Å². The molecule has 2 fully saturated rings. The van der Waals surface area contributed by atoms with Crippen molar-refractivity contribution in [2.75, 3.05) is 6.61 Å². The molecule has 7 nitrogen and oxygen atoms in total. The van der Waals surface area contributed by atoms with Gasteiger partial charge in [-0.15, -0.1) is 0 Å². The SMILES string of the molecule is CC(=CC1CCC(C(C)(C)C)CC1)C(=O)O.CC(C)(C)OOC(C)(C)C.CC1COC(=O)O1. The predicted octanol–water partition coefficient (Wildman–Crippen LogP) is 6.94. The molecule has 33 heavy (non-hydrogen) atoms. The van der Waals surface area contributed by atoms with Crippen LogP contribution in [0, 0.1) is 17.3 Å². The van der Waals surface area contributed by atoms with Crippen molar-refractivity contribution in [3.8, 4) is 0 Å². The lowest BCUT2D eigenvalue weighted by Gasteiger charge is -2.36. The van der Waals surface area contributed by atoms with Gasteiger partial charge in [-0.05, 0) is 98.3 Å². The highest BCUT2D eigenvalue weighted by molar-refractivity contribution is 5.85. The number of cyclic esters (lactones) is 2. The van der Waals surface area contributed by atoms with Gasteiger partial charge in [-0.1, -0.05) is 26.8 Å². The molecule has 7 heteroatoms. The summed E-state index contributed by atoms with van der Waals surface area (Å²) in [7, 11) is 0. The molecule has 1 saturated heterocycles. The summed E-state index contributed by atoms with van der Waals surface area (Å²) < 4.78 is 8.90. The van der Waals surface area contributed by atoms with Crippen LogP contribution in [0.25, 0.3) is 0 Å². The number of carboxylic acid groups (broad SMARTS) is 1. The van der Waals surface area contributed by atoms with E-state index in [9.17, 15) is 9.59 Å². The van der Waals surface area contributed by atoms with E-state index in [-0.39, 0.29) is 17.3 Å². The van der Waals surface area contributed by atoms with Gasteiger partial charge in [0, 0.05) is 5.57 Å². The summed E-state index contributed by atoms with van der Waals surface area (Å²) in [5.74, 6) is 0.495. The lowest BCUT2D eigenvalue weighted by atomic mass is 9.69. The minimum absolute atomic E-state index is 0.0486. The van der Waals surface area contributed by atoms with Gasteiger partial charge in [0.2, 0.25) is 0 Å². The Balaban J connectivity index is 0.000000513. The fraction of sp³-hybridized carbons (Fsp3) is 0.846. The van der Waals surface area contributed by atoms with Crippen molar-refractivity contribution >= 4 is 12.1 Å². The maximum Gasteiger partial charge on any atom is 0.508 e. The molecule has 1 saturated carbocycles. The Morgan fingerprint density at radius 1 is 0.939 bits per heavy atom. The van der Waals surface area contributed by atoms with E-state index < -0.39 is 12.1 Å². The molecule has 0 spiro atoms. The number of aliphatic carboxylic acids is 1. The Bertz CT molecular complexity index is 610. The third kappa shape index (κ3) is 16.6. The molecule has 0 aromatic rings. The van der Waals surface area contributed by atoms with Crippen molar-refractivity contribution in [2.45, 2.75) is 119 Å². The molecule has 1 atom stereocenters. The first-order chi connectivity index (χ1) is 14.8. The van der Waals surface area contributed by atoms with Crippen LogP contribution in [0.1, 0.15) is 102 Å². The second-order valence-electron chi connectivity index (χ2n) is 12.0. The lowest BCUT2D eigenvalue weighted by Crippen LogP contribution is -2.27. The number of carbonyl (C=O) groups excluding carboxylic acids is 1. The maximum absolute atomic E-state index is 10.7. The summed E-state index contributed by atoms with van der Waals surface area (Å²) in [6.07, 6.45) is 6.11. The van der Waals surface area contributed by atoms with Crippen LogP contribution in [-0.4, -0.2) is 41.1 Å². The Labute approximate surface area is 201 Å². The monoisotopic (exact) mass is 472 g/mol. The second kappa shape index (κ2) is 13.3. The summed E-state index contributed by atoms with van der Waals surface area (Å²) in [5, 5.41) is 8.83. The van der Waals surface area contributed by atoms with Crippen LogP contribution in [-0.2, 0) is 24.0 Å². The molecular formula is C26H48O7. The molecule has 0 bridgehead atoms. The van der Waals surface area contributed by atoms with Crippen LogP contribution < -0.4 is 0 Å². The van der Waals surface area contributed by atoms with Crippen molar-refractivity contribution in [3.63, 3.8) is 0 Å². The molecule has 1 aliphatic carbocycles. The van der Waals surface area contributed by atoms with Crippen LogP contribution in [0.4, 0.5) is 4.79 Å². The fourth-order valence-corrected chi connectivity index (χ4v) is 3.24. The van der Waals surface area contributed by atoms with E-state index in [0.29, 0.717) is 23.5 Å². The molecule has 2 rings (SSSR count). The third-order valence-electron chi connectivity index (χ3n) is 5.09. The highest BCUT2D eigenvalue weighted by Gasteiger charge is 2.29. The molecule has 2 aliphatic rings. The van der Waals surface area contributed by atoms with Gasteiger partial charge in [0.15, 0.2) is 0 Å². The molecular weight excluding hydrogens is 424 g/mol. The number of rotatable bonds is 3. The largest absolute Gasteiger partial charge is 0.508 e. The number of carboxylic acids is 1. The van der Waals surface area contributed by atoms with Crippen molar-refractivity contribution in [1.29, 1.82) is 0 Å². The van der Waals surface area contributed by atoms with Crippen molar-refractivity contribution in [3.05, 3.63) is 11.6 Å². The predicted molar refractivity (Wildman–Crippen MR) is 130 cm³/mol. The molecule has 1 aliphatic heterocycles. The van der Waals surface area contributed by atoms with Gasteiger partial charge in [0.25, 0.3) is 0 Å². The Morgan fingerprint density at radius 3 is 1.64 bits per heavy atom. The van der Waals surface area contributed by atoms with Gasteiger partial charge in [-0.2, -0.15) is 0 Å². The molecule has 0 amide bonds. The molecule has 1 N–H and O–H groups in total. The van der Waals surface area contributed by atoms with Gasteiger partial charge in [-0.25, -0.2) is 19.4 Å². The van der Waals surface area contributed by atoms with Crippen molar-refractivity contribution in [1.82, 2.24) is 0 Å². The highest BCUT2D eigenvalue weighted by atomic mass is 17.2. The molecule has 0 radical (unpaired) electrons. The normalized spacial score (nSPS) is 23.9. The Morgan fingerprint density at radius 2 is 1.39 bits per heavy atom. The molecule has 0 aromatic heterocycles. The van der Waals surface area contributed by atoms with Gasteiger partial charge >= 0.3 is 12.1 Å². The van der Waals surface area contributed by atoms with Gasteiger partial charge in [0.1, 0.15) is 12.7 Å². The zero-order valence-corrected chi connectivity index (χ0v) is 22.7. The first kappa shape index (κ1) is 31.4. The minimum Gasteiger partial charge on any atom is -0.478 e. The standard InChI is InChI=1S/C14H24O2.C8H18O2.C4H6O3/c1-10(13(15)16)9-11-5-7-12(8-6-11)14(2,3)4;1-7(2,3)9-10-8(4,5)6;1-3-2-6-4(5)7-3/h9,11-12H,5-8H2,1-4H3,(H,15,16);1-6H3;3H,2H2,1H3. The number of allylic oxidation sites excluding steroid dienone is 1. The van der Waals surface area contributed by atoms with E-state index in [4.69, 9.17) is 14.9 Å². The van der Waals surface area contributed by atoms with Crippen LogP contribution in [0.3, 0.4) is 0 Å². The smallest absolute Gasteiger partial charge is 0.478 e. The van der Waals surface area contributed by atoms with Crippen molar-refractivity contribution < 1.29 is 33.9 Å². The van der Waals surface area contributed by atoms with E-state index >= 15 is 0 Å². The van der Waals surface area contributed by atoms with Gasteiger partial charge in [0.05, 0.1) is 11.2 Å². The quantitative estimate of drug-likeness (QED) is 0.206. The van der Waals surface area contributed by atoms with Crippen molar-refractivity contribution in [2.24, 2.45) is 17.3 Å². The summed E-state index contributed by atoms with van der Waals surface area (Å²) in [6, 6.07) is 0. The molecule has 194 valence electrons. The number of ether oxygens (including phenoxy) is 2. The second-order valence-corrected chi connectivity index (χ2v) is 12.0. The lowest BCUT2D eigenvalue weighted by molar-refractivity contribution is -0.393. The van der Waals surface area contributed by atoms with Crippen LogP contribution in [0.2, 0.25) is 0 Å². The zero-order chi connectivity index (χ0) is 26.0. The fourth-order valence-electron chi connectivity index (χ4n) is 3.24. The summed E-state index contributed by atoms with van der Waals surface area (Å²) in [6.45, 7) is 22.5. The minimum atomic E-state index is -0.780. The molecule has 1 unspecified atom stereocenters. The summed E-state index contributed by atoms with van der Waals surface area (Å²) in [5.41, 5.74) is 0.469. The van der Waals surface area contributed by atoms with E-state index in [0.717, 1.165) is 18.8 Å². The third-order valence-corrected chi connectivity index (χ3v) is 5.09. The van der Waals surface area contributed by atoms with Crippen LogP contribution in [0.5, 0.6) is 0 Å². The topological polar surface area (TPSA) is 91.3 Å². The number of hydrogen-bond donors (Lipinski definition) is 1. The average molecular weight is 473 g/mol. The first-order valence-electron chi connectivity index (χ1n) is 11.9. The summed E-state index contributed by atoms with van der Waals surface area (Å²) in [4.78, 5) is 30.9. The Hall–Kier alpha value is -1.60. The molecule has 0 aromatic carbocycles. The van der Waals surface area contributed by atoms with Gasteiger partial charge in [-0.3, -0.25) is 0 Å². The average Bonchev–Trinajstić information content (AvgIpc) is 3.02. The van der Waals surface area contributed by atoms with E-state index in [1.165, 1.54) is 12.8 Å². The zero-order valence-electron chi connectivity index (χ0n) is 22.7. The van der Waals surface area contributed by atoms with Crippen LogP contribution in [0.15, 0.2) is 11.6 Å². The number of hydrogen-bond acceptors (Lipinski definition) is 6. The molecule has 1 heterocycles. The van der Waals surface area contributed by atoms with E-state index in [1.54, 1.807) is 13.8 Å². The Kier molecular flexibility index (Phi) is 12.7. The van der Waals surface area contributed by atoms with E-state index in [2.05, 4.69) is 30.2 Å². The highest BCUT2D eigenvalue weighted by Crippen LogP contribution is 2.40. The maximum atomic E-state index is 10.7. The first-order valence-corrected chi connectivity index (χ1v) is 11.9. The summed E-state index contributed by atoms with van der Waals surface area (Å²) >= 11 is 0. The van der Waals surface area contributed by atoms with Crippen LogP contribution >= 0.6 is 0 Å².